The fourth-order valence-electron chi connectivity index (χ4n) is 1.17. The fourth-order valence-corrected chi connectivity index (χ4v) is 1.76. The van der Waals surface area contributed by atoms with Crippen molar-refractivity contribution < 1.29 is 15.0 Å². The van der Waals surface area contributed by atoms with Crippen molar-refractivity contribution in [3.8, 4) is 0 Å². The Labute approximate surface area is 96.5 Å². The van der Waals surface area contributed by atoms with E-state index in [1.165, 1.54) is 19.2 Å². The van der Waals surface area contributed by atoms with Crippen LogP contribution >= 0.6 is 11.8 Å². The number of hydrogen-bond acceptors (Lipinski definition) is 5. The molecule has 0 radical (unpaired) electrons. The molecule has 2 atom stereocenters. The van der Waals surface area contributed by atoms with Crippen LogP contribution in [-0.4, -0.2) is 32.2 Å². The van der Waals surface area contributed by atoms with Gasteiger partial charge in [-0.15, -0.1) is 0 Å². The van der Waals surface area contributed by atoms with E-state index in [-0.39, 0.29) is 16.4 Å². The molecule has 1 rings (SSSR count). The summed E-state index contributed by atoms with van der Waals surface area (Å²) >= 11 is 0.907. The highest BCUT2D eigenvalue weighted by Crippen LogP contribution is 2.16. The van der Waals surface area contributed by atoms with Gasteiger partial charge >= 0.3 is 0 Å². The van der Waals surface area contributed by atoms with E-state index in [1.54, 1.807) is 6.07 Å². The largest absolute Gasteiger partial charge is 0.389 e. The summed E-state index contributed by atoms with van der Waals surface area (Å²) in [6.07, 6.45) is -0.982. The summed E-state index contributed by atoms with van der Waals surface area (Å²) in [5, 5.41) is 19.1. The molecule has 0 amide bonds. The van der Waals surface area contributed by atoms with Crippen LogP contribution in [0.25, 0.3) is 0 Å². The van der Waals surface area contributed by atoms with Crippen molar-refractivity contribution in [1.29, 1.82) is 0 Å². The van der Waals surface area contributed by atoms with Crippen LogP contribution in [0.4, 0.5) is 0 Å². The minimum Gasteiger partial charge on any atom is -0.389 e. The second-order valence-electron chi connectivity index (χ2n) is 3.27. The summed E-state index contributed by atoms with van der Waals surface area (Å²) in [7, 11) is 0. The highest BCUT2D eigenvalue weighted by atomic mass is 32.2. The summed E-state index contributed by atoms with van der Waals surface area (Å²) < 4.78 is 0. The summed E-state index contributed by atoms with van der Waals surface area (Å²) in [4.78, 5) is 24.4. The van der Waals surface area contributed by atoms with E-state index in [0.29, 0.717) is 0 Å². The number of aromatic amines is 1. The number of carbonyl (C=O) groups is 1. The molecule has 5 nitrogen and oxygen atoms in total. The topological polar surface area (TPSA) is 90.4 Å². The third kappa shape index (κ3) is 3.48. The molecule has 1 aromatic rings. The molecule has 0 bridgehead atoms. The van der Waals surface area contributed by atoms with Crippen molar-refractivity contribution in [3.05, 3.63) is 34.2 Å². The van der Waals surface area contributed by atoms with Crippen molar-refractivity contribution >= 4 is 16.9 Å². The molecule has 0 aliphatic heterocycles. The standard InChI is InChI=1S/C10H13NO4S/c1-6(12)16-5-8(13)9(14)7-3-2-4-11-10(7)15/h2-4,8-9,13-14H,5H2,1H3,(H,11,15). The maximum atomic E-state index is 11.3. The molecule has 0 spiro atoms. The van der Waals surface area contributed by atoms with E-state index >= 15 is 0 Å². The minimum atomic E-state index is -1.28. The normalized spacial score (nSPS) is 14.4. The lowest BCUT2D eigenvalue weighted by Crippen LogP contribution is -2.26. The second kappa shape index (κ2) is 5.83. The average Bonchev–Trinajstić information content (AvgIpc) is 2.25. The molecule has 2 unspecified atom stereocenters. The van der Waals surface area contributed by atoms with Crippen molar-refractivity contribution in [2.75, 3.05) is 5.75 Å². The molecule has 0 aromatic carbocycles. The monoisotopic (exact) mass is 243 g/mol. The van der Waals surface area contributed by atoms with E-state index in [2.05, 4.69) is 4.98 Å². The van der Waals surface area contributed by atoms with Gasteiger partial charge in [-0.2, -0.15) is 0 Å². The first-order valence-electron chi connectivity index (χ1n) is 4.69. The number of nitrogens with one attached hydrogen (secondary N) is 1. The van der Waals surface area contributed by atoms with Crippen LogP contribution in [0.5, 0.6) is 0 Å². The van der Waals surface area contributed by atoms with Gasteiger partial charge < -0.3 is 15.2 Å². The maximum Gasteiger partial charge on any atom is 0.253 e. The van der Waals surface area contributed by atoms with Gasteiger partial charge in [-0.25, -0.2) is 0 Å². The zero-order chi connectivity index (χ0) is 12.1. The Kier molecular flexibility index (Phi) is 4.72. The molecule has 0 aliphatic carbocycles. The lowest BCUT2D eigenvalue weighted by molar-refractivity contribution is -0.109. The predicted molar refractivity (Wildman–Crippen MR) is 61.2 cm³/mol. The Morgan fingerprint density at radius 2 is 2.25 bits per heavy atom. The number of pyridine rings is 1. The summed E-state index contributed by atoms with van der Waals surface area (Å²) in [5.41, 5.74) is -0.346. The van der Waals surface area contributed by atoms with Crippen molar-refractivity contribution in [2.24, 2.45) is 0 Å². The zero-order valence-corrected chi connectivity index (χ0v) is 9.53. The van der Waals surface area contributed by atoms with Crippen LogP contribution in [-0.2, 0) is 4.79 Å². The molecule has 1 heterocycles. The molecule has 3 N–H and O–H groups in total. The van der Waals surface area contributed by atoms with Gasteiger partial charge in [0.1, 0.15) is 6.10 Å². The maximum absolute atomic E-state index is 11.3. The van der Waals surface area contributed by atoms with E-state index in [9.17, 15) is 19.8 Å². The minimum absolute atomic E-state index is 0.0604. The number of carbonyl (C=O) groups excluding carboxylic acids is 1. The average molecular weight is 243 g/mol. The number of aliphatic hydroxyl groups is 2. The lowest BCUT2D eigenvalue weighted by Gasteiger charge is -2.16. The second-order valence-corrected chi connectivity index (χ2v) is 4.47. The Balaban J connectivity index is 2.70. The van der Waals surface area contributed by atoms with E-state index < -0.39 is 17.8 Å². The Morgan fingerprint density at radius 1 is 1.56 bits per heavy atom. The van der Waals surface area contributed by atoms with Crippen LogP contribution < -0.4 is 5.56 Å². The van der Waals surface area contributed by atoms with Gasteiger partial charge in [0.25, 0.3) is 5.56 Å². The Bertz CT molecular complexity index is 417. The molecule has 0 saturated heterocycles. The van der Waals surface area contributed by atoms with Crippen LogP contribution in [0.2, 0.25) is 0 Å². The van der Waals surface area contributed by atoms with Crippen molar-refractivity contribution in [1.82, 2.24) is 4.98 Å². The molecule has 0 saturated carbocycles. The summed E-state index contributed by atoms with van der Waals surface area (Å²) in [5.74, 6) is 0.0604. The van der Waals surface area contributed by atoms with E-state index in [0.717, 1.165) is 11.8 Å². The van der Waals surface area contributed by atoms with Crippen LogP contribution in [0, 0.1) is 0 Å². The molecule has 6 heteroatoms. The van der Waals surface area contributed by atoms with Gasteiger partial charge in [-0.3, -0.25) is 9.59 Å². The van der Waals surface area contributed by atoms with Gasteiger partial charge in [0.15, 0.2) is 5.12 Å². The number of rotatable bonds is 4. The first-order chi connectivity index (χ1) is 7.52. The highest BCUT2D eigenvalue weighted by molar-refractivity contribution is 8.13. The summed E-state index contributed by atoms with van der Waals surface area (Å²) in [6.45, 7) is 1.37. The first kappa shape index (κ1) is 13.0. The van der Waals surface area contributed by atoms with E-state index in [4.69, 9.17) is 0 Å². The number of aromatic nitrogens is 1. The third-order valence-electron chi connectivity index (χ3n) is 1.99. The first-order valence-corrected chi connectivity index (χ1v) is 5.68. The van der Waals surface area contributed by atoms with Gasteiger partial charge in [-0.1, -0.05) is 11.8 Å². The quantitative estimate of drug-likeness (QED) is 0.695. The highest BCUT2D eigenvalue weighted by Gasteiger charge is 2.21. The molecule has 88 valence electrons. The fraction of sp³-hybridized carbons (Fsp3) is 0.400. The van der Waals surface area contributed by atoms with Crippen LogP contribution in [0.1, 0.15) is 18.6 Å². The molecule has 0 fully saturated rings. The van der Waals surface area contributed by atoms with Gasteiger partial charge in [0.05, 0.1) is 6.10 Å². The Morgan fingerprint density at radius 3 is 2.81 bits per heavy atom. The van der Waals surface area contributed by atoms with E-state index in [1.807, 2.05) is 0 Å². The number of H-pyrrole nitrogens is 1. The Hall–Kier alpha value is -1.11. The van der Waals surface area contributed by atoms with Crippen LogP contribution in [0.15, 0.2) is 23.1 Å². The lowest BCUT2D eigenvalue weighted by atomic mass is 10.1. The molecule has 16 heavy (non-hydrogen) atoms. The molecule has 1 aromatic heterocycles. The van der Waals surface area contributed by atoms with Gasteiger partial charge in [0, 0.05) is 24.4 Å². The molecule has 0 aliphatic rings. The number of hydrogen-bond donors (Lipinski definition) is 3. The van der Waals surface area contributed by atoms with Gasteiger partial charge in [0.2, 0.25) is 0 Å². The molecular formula is C10H13NO4S. The summed E-state index contributed by atoms with van der Waals surface area (Å²) in [6, 6.07) is 3.00. The predicted octanol–water partition coefficient (Wildman–Crippen LogP) is 0.0489. The number of thioether (sulfide) groups is 1. The smallest absolute Gasteiger partial charge is 0.253 e. The van der Waals surface area contributed by atoms with Gasteiger partial charge in [-0.05, 0) is 12.1 Å². The van der Waals surface area contributed by atoms with Crippen molar-refractivity contribution in [3.63, 3.8) is 0 Å². The number of aliphatic hydroxyl groups excluding tert-OH is 2. The third-order valence-corrected chi connectivity index (χ3v) is 2.90. The van der Waals surface area contributed by atoms with Crippen LogP contribution in [0.3, 0.4) is 0 Å². The van der Waals surface area contributed by atoms with Crippen molar-refractivity contribution in [2.45, 2.75) is 19.1 Å². The SMILES string of the molecule is CC(=O)SCC(O)C(O)c1ccc[nH]c1=O. The molecular weight excluding hydrogens is 230 g/mol. The zero-order valence-electron chi connectivity index (χ0n) is 8.71.